The molecular weight excluding hydrogens is 182 g/mol. The van der Waals surface area contributed by atoms with Crippen molar-refractivity contribution in [3.63, 3.8) is 0 Å². The molecule has 0 heterocycles. The molecule has 1 heteroatoms. The van der Waals surface area contributed by atoms with E-state index in [-0.39, 0.29) is 0 Å². The molecule has 0 saturated heterocycles. The summed E-state index contributed by atoms with van der Waals surface area (Å²) in [5, 5.41) is 3.58. The Labute approximate surface area is 95.0 Å². The van der Waals surface area contributed by atoms with E-state index in [1.165, 1.54) is 45.1 Å². The highest BCUT2D eigenvalue weighted by molar-refractivity contribution is 4.83. The van der Waals surface area contributed by atoms with E-state index < -0.39 is 0 Å². The van der Waals surface area contributed by atoms with Crippen LogP contribution in [0.4, 0.5) is 0 Å². The van der Waals surface area contributed by atoms with Crippen LogP contribution in [0.5, 0.6) is 0 Å². The molecule has 0 aliphatic heterocycles. The molecular formula is C14H25N. The van der Waals surface area contributed by atoms with Crippen LogP contribution in [-0.2, 0) is 0 Å². The van der Waals surface area contributed by atoms with Crippen molar-refractivity contribution in [2.24, 2.45) is 11.8 Å². The summed E-state index contributed by atoms with van der Waals surface area (Å²) in [5.74, 6) is 4.54. The Morgan fingerprint density at radius 3 is 2.80 bits per heavy atom. The monoisotopic (exact) mass is 207 g/mol. The van der Waals surface area contributed by atoms with E-state index in [1.54, 1.807) is 0 Å². The van der Waals surface area contributed by atoms with Crippen LogP contribution in [0.2, 0.25) is 0 Å². The third-order valence-electron chi connectivity index (χ3n) is 3.62. The molecule has 1 fully saturated rings. The Bertz CT molecular complexity index is 192. The molecule has 1 nitrogen and oxygen atoms in total. The Hall–Kier alpha value is -0.480. The summed E-state index contributed by atoms with van der Waals surface area (Å²) in [6, 6.07) is 0. The maximum Gasteiger partial charge on any atom is 0.00865 e. The number of nitrogens with one attached hydrogen (secondary N) is 1. The van der Waals surface area contributed by atoms with Gasteiger partial charge in [-0.15, -0.1) is 12.3 Å². The van der Waals surface area contributed by atoms with Crippen LogP contribution in [-0.4, -0.2) is 13.1 Å². The summed E-state index contributed by atoms with van der Waals surface area (Å²) in [6.07, 6.45) is 14.3. The Balaban J connectivity index is 1.97. The summed E-state index contributed by atoms with van der Waals surface area (Å²) in [7, 11) is 0. The average Bonchev–Trinajstić information content (AvgIpc) is 2.25. The summed E-state index contributed by atoms with van der Waals surface area (Å²) in [6.45, 7) is 4.77. The minimum absolute atomic E-state index is 0.923. The van der Waals surface area contributed by atoms with Gasteiger partial charge in [-0.25, -0.2) is 0 Å². The van der Waals surface area contributed by atoms with Crippen LogP contribution in [0, 0.1) is 24.2 Å². The summed E-state index contributed by atoms with van der Waals surface area (Å²) in [4.78, 5) is 0. The molecule has 0 aromatic heterocycles. The zero-order chi connectivity index (χ0) is 10.9. The van der Waals surface area contributed by atoms with Crippen LogP contribution in [0.3, 0.4) is 0 Å². The molecule has 1 saturated carbocycles. The Morgan fingerprint density at radius 2 is 2.07 bits per heavy atom. The van der Waals surface area contributed by atoms with Gasteiger partial charge in [-0.1, -0.05) is 26.2 Å². The molecule has 1 rings (SSSR count). The van der Waals surface area contributed by atoms with E-state index in [4.69, 9.17) is 6.42 Å². The largest absolute Gasteiger partial charge is 0.316 e. The van der Waals surface area contributed by atoms with E-state index in [0.29, 0.717) is 0 Å². The van der Waals surface area contributed by atoms with Gasteiger partial charge in [-0.3, -0.25) is 0 Å². The summed E-state index contributed by atoms with van der Waals surface area (Å²) < 4.78 is 0. The number of unbranched alkanes of at least 4 members (excludes halogenated alkanes) is 2. The van der Waals surface area contributed by atoms with Crippen molar-refractivity contribution in [2.75, 3.05) is 13.1 Å². The highest BCUT2D eigenvalue weighted by Crippen LogP contribution is 2.28. The third kappa shape index (κ3) is 5.23. The molecule has 0 bridgehead atoms. The van der Waals surface area contributed by atoms with Crippen LogP contribution in [0.25, 0.3) is 0 Å². The molecule has 2 atom stereocenters. The molecule has 0 aromatic carbocycles. The first-order chi connectivity index (χ1) is 7.34. The van der Waals surface area contributed by atoms with Crippen molar-refractivity contribution >= 4 is 0 Å². The van der Waals surface area contributed by atoms with Gasteiger partial charge in [0.15, 0.2) is 0 Å². The highest BCUT2D eigenvalue weighted by atomic mass is 14.9. The van der Waals surface area contributed by atoms with Crippen molar-refractivity contribution in [3.8, 4) is 12.3 Å². The number of hydrogen-bond donors (Lipinski definition) is 1. The fourth-order valence-corrected chi connectivity index (χ4v) is 2.46. The van der Waals surface area contributed by atoms with Crippen LogP contribution >= 0.6 is 0 Å². The standard InChI is InChI=1S/C14H25N/c1-3-4-5-8-11-15-12-14-10-7-6-9-13(14)2/h1,13-15H,4-12H2,2H3. The minimum atomic E-state index is 0.923. The molecule has 0 amide bonds. The third-order valence-corrected chi connectivity index (χ3v) is 3.62. The second-order valence-corrected chi connectivity index (χ2v) is 4.89. The van der Waals surface area contributed by atoms with E-state index in [1.807, 2.05) is 0 Å². The summed E-state index contributed by atoms with van der Waals surface area (Å²) >= 11 is 0. The Morgan fingerprint density at radius 1 is 1.27 bits per heavy atom. The number of hydrogen-bond acceptors (Lipinski definition) is 1. The molecule has 0 radical (unpaired) electrons. The van der Waals surface area contributed by atoms with Gasteiger partial charge in [0.25, 0.3) is 0 Å². The van der Waals surface area contributed by atoms with Gasteiger partial charge in [0.05, 0.1) is 0 Å². The van der Waals surface area contributed by atoms with Gasteiger partial charge in [-0.2, -0.15) is 0 Å². The second-order valence-electron chi connectivity index (χ2n) is 4.89. The zero-order valence-electron chi connectivity index (χ0n) is 10.1. The van der Waals surface area contributed by atoms with Crippen molar-refractivity contribution < 1.29 is 0 Å². The molecule has 0 aromatic rings. The molecule has 2 unspecified atom stereocenters. The maximum absolute atomic E-state index is 5.21. The normalized spacial score (nSPS) is 26.1. The van der Waals surface area contributed by atoms with E-state index >= 15 is 0 Å². The average molecular weight is 207 g/mol. The lowest BCUT2D eigenvalue weighted by Crippen LogP contribution is -2.29. The van der Waals surface area contributed by atoms with Gasteiger partial charge >= 0.3 is 0 Å². The van der Waals surface area contributed by atoms with Gasteiger partial charge in [0.2, 0.25) is 0 Å². The summed E-state index contributed by atoms with van der Waals surface area (Å²) in [5.41, 5.74) is 0. The SMILES string of the molecule is C#CCCCCNCC1CCCCC1C. The van der Waals surface area contributed by atoms with E-state index in [2.05, 4.69) is 18.2 Å². The lowest BCUT2D eigenvalue weighted by molar-refractivity contribution is 0.248. The lowest BCUT2D eigenvalue weighted by Gasteiger charge is -2.28. The van der Waals surface area contributed by atoms with Gasteiger partial charge < -0.3 is 5.32 Å². The lowest BCUT2D eigenvalue weighted by atomic mass is 9.80. The van der Waals surface area contributed by atoms with Gasteiger partial charge in [0.1, 0.15) is 0 Å². The predicted octanol–water partition coefficient (Wildman–Crippen LogP) is 3.21. The van der Waals surface area contributed by atoms with Gasteiger partial charge in [0, 0.05) is 6.42 Å². The molecule has 15 heavy (non-hydrogen) atoms. The Kier molecular flexibility index (Phi) is 6.52. The fourth-order valence-electron chi connectivity index (χ4n) is 2.46. The zero-order valence-corrected chi connectivity index (χ0v) is 10.1. The smallest absolute Gasteiger partial charge is 0.00865 e. The van der Waals surface area contributed by atoms with Crippen molar-refractivity contribution in [3.05, 3.63) is 0 Å². The predicted molar refractivity (Wildman–Crippen MR) is 66.7 cm³/mol. The van der Waals surface area contributed by atoms with E-state index in [0.717, 1.165) is 24.8 Å². The molecule has 1 N–H and O–H groups in total. The molecule has 1 aliphatic rings. The minimum Gasteiger partial charge on any atom is -0.316 e. The van der Waals surface area contributed by atoms with Gasteiger partial charge in [-0.05, 0) is 44.2 Å². The van der Waals surface area contributed by atoms with Crippen LogP contribution < -0.4 is 5.32 Å². The molecule has 1 aliphatic carbocycles. The molecule has 86 valence electrons. The fraction of sp³-hybridized carbons (Fsp3) is 0.857. The quantitative estimate of drug-likeness (QED) is 0.521. The second kappa shape index (κ2) is 7.77. The topological polar surface area (TPSA) is 12.0 Å². The maximum atomic E-state index is 5.21. The van der Waals surface area contributed by atoms with E-state index in [9.17, 15) is 0 Å². The van der Waals surface area contributed by atoms with Crippen molar-refractivity contribution in [2.45, 2.75) is 51.9 Å². The number of rotatable bonds is 6. The van der Waals surface area contributed by atoms with Crippen molar-refractivity contribution in [1.82, 2.24) is 5.32 Å². The highest BCUT2D eigenvalue weighted by Gasteiger charge is 2.20. The first-order valence-electron chi connectivity index (χ1n) is 6.48. The number of terminal acetylenes is 1. The van der Waals surface area contributed by atoms with Crippen molar-refractivity contribution in [1.29, 1.82) is 0 Å². The van der Waals surface area contributed by atoms with Crippen LogP contribution in [0.15, 0.2) is 0 Å². The van der Waals surface area contributed by atoms with Crippen LogP contribution in [0.1, 0.15) is 51.9 Å². The molecule has 0 spiro atoms. The first-order valence-corrected chi connectivity index (χ1v) is 6.48. The first kappa shape index (κ1) is 12.6.